The summed E-state index contributed by atoms with van der Waals surface area (Å²) in [5, 5.41) is 2.09. The Morgan fingerprint density at radius 3 is 1.55 bits per heavy atom. The Kier molecular flexibility index (Phi) is 5.45. The molecule has 0 amide bonds. The molecule has 3 nitrogen and oxygen atoms in total. The van der Waals surface area contributed by atoms with Crippen LogP contribution in [0.15, 0.2) is 150 Å². The van der Waals surface area contributed by atoms with Crippen LogP contribution < -0.4 is 4.90 Å². The van der Waals surface area contributed by atoms with Gasteiger partial charge in [0, 0.05) is 40.1 Å². The SMILES string of the molecule is c1ccc(-c2ccc(N(c3ccc(-c4ccccc4)cc3)c3ccc4c(c3)oc3ncccc34)cc2)cc1. The van der Waals surface area contributed by atoms with Gasteiger partial charge < -0.3 is 9.32 Å². The second-order valence-corrected chi connectivity index (χ2v) is 9.30. The Hall–Kier alpha value is -5.15. The number of rotatable bonds is 5. The standard InChI is InChI=1S/C35H24N2O/c1-3-8-25(9-4-1)27-13-17-29(18-14-27)37(30-19-15-28(16-20-30)26-10-5-2-6-11-26)31-21-22-32-33-12-7-23-36-35(33)38-34(32)24-31/h1-24H. The highest BCUT2D eigenvalue weighted by molar-refractivity contribution is 6.04. The largest absolute Gasteiger partial charge is 0.438 e. The molecule has 2 aromatic heterocycles. The van der Waals surface area contributed by atoms with Crippen molar-refractivity contribution in [1.82, 2.24) is 4.98 Å². The maximum atomic E-state index is 6.13. The van der Waals surface area contributed by atoms with E-state index in [1.807, 2.05) is 18.2 Å². The molecule has 7 rings (SSSR count). The van der Waals surface area contributed by atoms with Gasteiger partial charge >= 0.3 is 0 Å². The second-order valence-electron chi connectivity index (χ2n) is 9.30. The molecule has 180 valence electrons. The first-order chi connectivity index (χ1) is 18.8. The number of fused-ring (bicyclic) bond motifs is 3. The Morgan fingerprint density at radius 2 is 0.974 bits per heavy atom. The topological polar surface area (TPSA) is 29.3 Å². The van der Waals surface area contributed by atoms with Crippen LogP contribution in [0.5, 0.6) is 0 Å². The van der Waals surface area contributed by atoms with Gasteiger partial charge in [0.1, 0.15) is 5.58 Å². The lowest BCUT2D eigenvalue weighted by Crippen LogP contribution is -2.09. The summed E-state index contributed by atoms with van der Waals surface area (Å²) in [7, 11) is 0. The Bertz CT molecular complexity index is 1760. The Morgan fingerprint density at radius 1 is 0.447 bits per heavy atom. The molecule has 3 heteroatoms. The van der Waals surface area contributed by atoms with Crippen LogP contribution in [0.3, 0.4) is 0 Å². The van der Waals surface area contributed by atoms with Crippen LogP contribution in [-0.4, -0.2) is 4.98 Å². The van der Waals surface area contributed by atoms with Gasteiger partial charge in [0.2, 0.25) is 5.71 Å². The number of furan rings is 1. The fourth-order valence-electron chi connectivity index (χ4n) is 5.05. The monoisotopic (exact) mass is 488 g/mol. The lowest BCUT2D eigenvalue weighted by atomic mass is 10.0. The average molecular weight is 489 g/mol. The van der Waals surface area contributed by atoms with Crippen molar-refractivity contribution in [3.05, 3.63) is 146 Å². The van der Waals surface area contributed by atoms with Crippen molar-refractivity contribution in [1.29, 1.82) is 0 Å². The molecule has 0 fully saturated rings. The molecule has 38 heavy (non-hydrogen) atoms. The predicted molar refractivity (Wildman–Crippen MR) is 157 cm³/mol. The molecule has 5 aromatic carbocycles. The van der Waals surface area contributed by atoms with Crippen molar-refractivity contribution >= 4 is 39.1 Å². The molecule has 0 aliphatic rings. The lowest BCUT2D eigenvalue weighted by Gasteiger charge is -2.26. The molecular formula is C35H24N2O. The summed E-state index contributed by atoms with van der Waals surface area (Å²) >= 11 is 0. The van der Waals surface area contributed by atoms with Gasteiger partial charge in [-0.1, -0.05) is 84.9 Å². The third-order valence-electron chi connectivity index (χ3n) is 6.96. The highest BCUT2D eigenvalue weighted by atomic mass is 16.3. The van der Waals surface area contributed by atoms with E-state index in [1.165, 1.54) is 22.3 Å². The van der Waals surface area contributed by atoms with Gasteiger partial charge in [-0.3, -0.25) is 0 Å². The number of pyridine rings is 1. The third-order valence-corrected chi connectivity index (χ3v) is 6.96. The van der Waals surface area contributed by atoms with Crippen LogP contribution in [0.2, 0.25) is 0 Å². The zero-order chi connectivity index (χ0) is 25.3. The highest BCUT2D eigenvalue weighted by Crippen LogP contribution is 2.39. The van der Waals surface area contributed by atoms with Crippen molar-refractivity contribution in [2.24, 2.45) is 0 Å². The van der Waals surface area contributed by atoms with Crippen molar-refractivity contribution in [2.75, 3.05) is 4.90 Å². The third kappa shape index (κ3) is 4.00. The molecule has 0 radical (unpaired) electrons. The van der Waals surface area contributed by atoms with Crippen LogP contribution in [-0.2, 0) is 0 Å². The van der Waals surface area contributed by atoms with Gasteiger partial charge in [0.15, 0.2) is 0 Å². The summed E-state index contributed by atoms with van der Waals surface area (Å²) in [4.78, 5) is 6.67. The minimum Gasteiger partial charge on any atom is -0.438 e. The van der Waals surface area contributed by atoms with E-state index in [4.69, 9.17) is 4.42 Å². The van der Waals surface area contributed by atoms with E-state index in [0.29, 0.717) is 5.71 Å². The first kappa shape index (κ1) is 22.1. The zero-order valence-electron chi connectivity index (χ0n) is 20.7. The molecule has 2 heterocycles. The van der Waals surface area contributed by atoms with E-state index >= 15 is 0 Å². The van der Waals surface area contributed by atoms with Gasteiger partial charge in [-0.15, -0.1) is 0 Å². The summed E-state index contributed by atoms with van der Waals surface area (Å²) < 4.78 is 6.13. The Labute approximate surface area is 221 Å². The fraction of sp³-hybridized carbons (Fsp3) is 0. The lowest BCUT2D eigenvalue weighted by molar-refractivity contribution is 0.654. The van der Waals surface area contributed by atoms with Gasteiger partial charge in [-0.25, -0.2) is 4.98 Å². The molecule has 0 unspecified atom stereocenters. The van der Waals surface area contributed by atoms with Crippen molar-refractivity contribution in [2.45, 2.75) is 0 Å². The molecule has 0 bridgehead atoms. The number of aromatic nitrogens is 1. The fourth-order valence-corrected chi connectivity index (χ4v) is 5.05. The van der Waals surface area contributed by atoms with Gasteiger partial charge in [-0.2, -0.15) is 0 Å². The number of benzene rings is 5. The van der Waals surface area contributed by atoms with E-state index in [2.05, 4.69) is 131 Å². The van der Waals surface area contributed by atoms with E-state index in [9.17, 15) is 0 Å². The minimum atomic E-state index is 0.658. The first-order valence-electron chi connectivity index (χ1n) is 12.7. The van der Waals surface area contributed by atoms with E-state index in [0.717, 1.165) is 33.4 Å². The van der Waals surface area contributed by atoms with Crippen LogP contribution in [0, 0.1) is 0 Å². The molecule has 0 aliphatic heterocycles. The molecule has 0 N–H and O–H groups in total. The number of anilines is 3. The van der Waals surface area contributed by atoms with E-state index in [1.54, 1.807) is 6.20 Å². The molecule has 0 saturated carbocycles. The number of hydrogen-bond donors (Lipinski definition) is 0. The van der Waals surface area contributed by atoms with Crippen LogP contribution in [0.25, 0.3) is 44.3 Å². The maximum absolute atomic E-state index is 6.13. The summed E-state index contributed by atoms with van der Waals surface area (Å²) in [5.74, 6) is 0. The quantitative estimate of drug-likeness (QED) is 0.241. The minimum absolute atomic E-state index is 0.658. The highest BCUT2D eigenvalue weighted by Gasteiger charge is 2.16. The van der Waals surface area contributed by atoms with Gasteiger partial charge in [0.05, 0.1) is 0 Å². The van der Waals surface area contributed by atoms with E-state index in [-0.39, 0.29) is 0 Å². The van der Waals surface area contributed by atoms with Crippen molar-refractivity contribution in [3.63, 3.8) is 0 Å². The zero-order valence-corrected chi connectivity index (χ0v) is 20.7. The van der Waals surface area contributed by atoms with Crippen LogP contribution >= 0.6 is 0 Å². The van der Waals surface area contributed by atoms with Crippen LogP contribution in [0.1, 0.15) is 0 Å². The second kappa shape index (κ2) is 9.38. The van der Waals surface area contributed by atoms with E-state index < -0.39 is 0 Å². The first-order valence-corrected chi connectivity index (χ1v) is 12.7. The molecule has 0 spiro atoms. The number of nitrogens with zero attached hydrogens (tertiary/aromatic N) is 2. The van der Waals surface area contributed by atoms with Crippen molar-refractivity contribution < 1.29 is 4.42 Å². The Balaban J connectivity index is 1.34. The number of hydrogen-bond acceptors (Lipinski definition) is 3. The normalized spacial score (nSPS) is 11.2. The maximum Gasteiger partial charge on any atom is 0.227 e. The molecule has 0 saturated heterocycles. The predicted octanol–water partition coefficient (Wildman–Crippen LogP) is 9.78. The van der Waals surface area contributed by atoms with Crippen molar-refractivity contribution in [3.8, 4) is 22.3 Å². The summed E-state index contributed by atoms with van der Waals surface area (Å²) in [6.45, 7) is 0. The van der Waals surface area contributed by atoms with Crippen LogP contribution in [0.4, 0.5) is 17.1 Å². The van der Waals surface area contributed by atoms with Gasteiger partial charge in [-0.05, 0) is 70.8 Å². The molecule has 0 atom stereocenters. The summed E-state index contributed by atoms with van der Waals surface area (Å²) in [6, 6.07) is 48.7. The smallest absolute Gasteiger partial charge is 0.227 e. The summed E-state index contributed by atoms with van der Waals surface area (Å²) in [5.41, 5.74) is 9.43. The molecule has 0 aliphatic carbocycles. The summed E-state index contributed by atoms with van der Waals surface area (Å²) in [6.07, 6.45) is 1.76. The average Bonchev–Trinajstić information content (AvgIpc) is 3.37. The van der Waals surface area contributed by atoms with Gasteiger partial charge in [0.25, 0.3) is 0 Å². The molecular weight excluding hydrogens is 464 g/mol. The molecule has 7 aromatic rings.